The van der Waals surface area contributed by atoms with Gasteiger partial charge in [0.25, 0.3) is 0 Å². The van der Waals surface area contributed by atoms with Gasteiger partial charge in [-0.2, -0.15) is 0 Å². The first kappa shape index (κ1) is 12.7. The van der Waals surface area contributed by atoms with Crippen molar-refractivity contribution in [3.63, 3.8) is 0 Å². The number of aromatic nitrogens is 2. The van der Waals surface area contributed by atoms with Crippen molar-refractivity contribution < 1.29 is 4.74 Å². The first-order valence-electron chi connectivity index (χ1n) is 6.82. The Hall–Kier alpha value is -2.29. The van der Waals surface area contributed by atoms with Crippen molar-refractivity contribution in [2.75, 3.05) is 7.11 Å². The number of nitrogens with zero attached hydrogens (tertiary/aromatic N) is 1. The molecule has 3 rings (SSSR count). The summed E-state index contributed by atoms with van der Waals surface area (Å²) in [5, 5.41) is 0. The number of hydrogen-bond acceptors (Lipinski definition) is 2. The molecule has 0 saturated carbocycles. The molecule has 0 saturated heterocycles. The lowest BCUT2D eigenvalue weighted by Crippen LogP contribution is -1.88. The molecule has 3 heteroatoms. The molecule has 0 amide bonds. The number of benzene rings is 2. The Kier molecular flexibility index (Phi) is 3.18. The first-order valence-corrected chi connectivity index (χ1v) is 6.82. The van der Waals surface area contributed by atoms with Crippen molar-refractivity contribution in [1.29, 1.82) is 0 Å². The van der Waals surface area contributed by atoms with E-state index in [1.807, 2.05) is 24.3 Å². The summed E-state index contributed by atoms with van der Waals surface area (Å²) in [5.41, 5.74) is 4.44. The Morgan fingerprint density at radius 1 is 1.10 bits per heavy atom. The van der Waals surface area contributed by atoms with Crippen LogP contribution in [0.25, 0.3) is 22.4 Å². The number of rotatable bonds is 3. The van der Waals surface area contributed by atoms with E-state index < -0.39 is 0 Å². The summed E-state index contributed by atoms with van der Waals surface area (Å²) in [7, 11) is 1.68. The first-order chi connectivity index (χ1) is 9.69. The van der Waals surface area contributed by atoms with Crippen LogP contribution in [0, 0.1) is 0 Å². The number of ether oxygens (including phenoxy) is 1. The van der Waals surface area contributed by atoms with Crippen LogP contribution in [-0.4, -0.2) is 17.1 Å². The summed E-state index contributed by atoms with van der Waals surface area (Å²) in [4.78, 5) is 8.16. The Balaban J connectivity index is 2.15. The van der Waals surface area contributed by atoms with Gasteiger partial charge in [0, 0.05) is 5.56 Å². The molecule has 1 aromatic heterocycles. The van der Waals surface area contributed by atoms with Crippen LogP contribution < -0.4 is 4.74 Å². The molecule has 0 fully saturated rings. The molecule has 0 aliphatic heterocycles. The predicted molar refractivity (Wildman–Crippen MR) is 82.2 cm³/mol. The summed E-state index contributed by atoms with van der Waals surface area (Å²) in [6, 6.07) is 14.2. The lowest BCUT2D eigenvalue weighted by Gasteiger charge is -2.04. The van der Waals surface area contributed by atoms with Crippen molar-refractivity contribution in [3.05, 3.63) is 48.0 Å². The number of fused-ring (bicyclic) bond motifs is 1. The highest BCUT2D eigenvalue weighted by Gasteiger charge is 2.11. The average Bonchev–Trinajstić information content (AvgIpc) is 2.91. The van der Waals surface area contributed by atoms with Crippen LogP contribution in [0.2, 0.25) is 0 Å². The number of para-hydroxylation sites is 1. The van der Waals surface area contributed by atoms with Crippen molar-refractivity contribution in [1.82, 2.24) is 9.97 Å². The Morgan fingerprint density at radius 3 is 2.65 bits per heavy atom. The highest BCUT2D eigenvalue weighted by molar-refractivity contribution is 5.83. The molecule has 0 unspecified atom stereocenters. The van der Waals surface area contributed by atoms with Gasteiger partial charge in [0.05, 0.1) is 18.1 Å². The van der Waals surface area contributed by atoms with Gasteiger partial charge in [-0.25, -0.2) is 4.98 Å². The van der Waals surface area contributed by atoms with Crippen LogP contribution in [0.4, 0.5) is 0 Å². The fourth-order valence-corrected chi connectivity index (χ4v) is 2.43. The van der Waals surface area contributed by atoms with Crippen LogP contribution in [-0.2, 0) is 0 Å². The highest BCUT2D eigenvalue weighted by Crippen LogP contribution is 2.28. The molecule has 3 nitrogen and oxygen atoms in total. The molecular formula is C17H18N2O. The zero-order chi connectivity index (χ0) is 14.1. The molecule has 0 spiro atoms. The Morgan fingerprint density at radius 2 is 1.90 bits per heavy atom. The van der Waals surface area contributed by atoms with E-state index in [1.165, 1.54) is 5.56 Å². The van der Waals surface area contributed by atoms with E-state index in [0.29, 0.717) is 5.92 Å². The Labute approximate surface area is 118 Å². The maximum atomic E-state index is 5.27. The van der Waals surface area contributed by atoms with Crippen LogP contribution in [0.3, 0.4) is 0 Å². The third-order valence-corrected chi connectivity index (χ3v) is 3.51. The number of aromatic amines is 1. The smallest absolute Gasteiger partial charge is 0.138 e. The standard InChI is InChI=1S/C17H18N2O/c1-11(2)14-8-5-9-15-16(14)19-17(18-15)12-6-4-7-13(10-12)20-3/h4-11H,1-3H3,(H,18,19). The van der Waals surface area contributed by atoms with E-state index in [0.717, 1.165) is 28.2 Å². The summed E-state index contributed by atoms with van der Waals surface area (Å²) < 4.78 is 5.27. The minimum absolute atomic E-state index is 0.458. The van der Waals surface area contributed by atoms with Gasteiger partial charge in [0.1, 0.15) is 11.6 Å². The zero-order valence-electron chi connectivity index (χ0n) is 12.0. The van der Waals surface area contributed by atoms with Crippen molar-refractivity contribution in [2.45, 2.75) is 19.8 Å². The topological polar surface area (TPSA) is 37.9 Å². The van der Waals surface area contributed by atoms with Crippen molar-refractivity contribution >= 4 is 11.0 Å². The fourth-order valence-electron chi connectivity index (χ4n) is 2.43. The highest BCUT2D eigenvalue weighted by atomic mass is 16.5. The van der Waals surface area contributed by atoms with E-state index in [1.54, 1.807) is 7.11 Å². The zero-order valence-corrected chi connectivity index (χ0v) is 12.0. The lowest BCUT2D eigenvalue weighted by molar-refractivity contribution is 0.415. The third-order valence-electron chi connectivity index (χ3n) is 3.51. The molecule has 102 valence electrons. The van der Waals surface area contributed by atoms with Crippen molar-refractivity contribution in [3.8, 4) is 17.1 Å². The minimum Gasteiger partial charge on any atom is -0.497 e. The maximum Gasteiger partial charge on any atom is 0.138 e. The molecule has 0 radical (unpaired) electrons. The maximum absolute atomic E-state index is 5.27. The second-order valence-electron chi connectivity index (χ2n) is 5.22. The van der Waals surface area contributed by atoms with Gasteiger partial charge >= 0.3 is 0 Å². The van der Waals surface area contributed by atoms with E-state index in [2.05, 4.69) is 37.0 Å². The van der Waals surface area contributed by atoms with Gasteiger partial charge in [-0.3, -0.25) is 0 Å². The average molecular weight is 266 g/mol. The lowest BCUT2D eigenvalue weighted by atomic mass is 10.0. The largest absolute Gasteiger partial charge is 0.497 e. The van der Waals surface area contributed by atoms with Gasteiger partial charge < -0.3 is 9.72 Å². The number of methoxy groups -OCH3 is 1. The van der Waals surface area contributed by atoms with Gasteiger partial charge in [-0.05, 0) is 29.7 Å². The fraction of sp³-hybridized carbons (Fsp3) is 0.235. The SMILES string of the molecule is COc1cccc(-c2nc3c(C(C)C)cccc3[nH]2)c1. The molecule has 0 bridgehead atoms. The van der Waals surface area contributed by atoms with Gasteiger partial charge in [0.2, 0.25) is 0 Å². The molecule has 0 aliphatic carbocycles. The summed E-state index contributed by atoms with van der Waals surface area (Å²) in [6.45, 7) is 4.38. The van der Waals surface area contributed by atoms with Crippen LogP contribution >= 0.6 is 0 Å². The van der Waals surface area contributed by atoms with Gasteiger partial charge in [0.15, 0.2) is 0 Å². The Bertz CT molecular complexity index is 744. The van der Waals surface area contributed by atoms with Crippen LogP contribution in [0.15, 0.2) is 42.5 Å². The molecule has 3 aromatic rings. The van der Waals surface area contributed by atoms with Gasteiger partial charge in [-0.15, -0.1) is 0 Å². The molecule has 20 heavy (non-hydrogen) atoms. The van der Waals surface area contributed by atoms with E-state index in [-0.39, 0.29) is 0 Å². The summed E-state index contributed by atoms with van der Waals surface area (Å²) in [5.74, 6) is 2.18. The summed E-state index contributed by atoms with van der Waals surface area (Å²) in [6.07, 6.45) is 0. The van der Waals surface area contributed by atoms with Crippen molar-refractivity contribution in [2.24, 2.45) is 0 Å². The van der Waals surface area contributed by atoms with Gasteiger partial charge in [-0.1, -0.05) is 38.1 Å². The number of hydrogen-bond donors (Lipinski definition) is 1. The molecular weight excluding hydrogens is 248 g/mol. The minimum atomic E-state index is 0.458. The van der Waals surface area contributed by atoms with Crippen LogP contribution in [0.5, 0.6) is 5.75 Å². The van der Waals surface area contributed by atoms with E-state index >= 15 is 0 Å². The normalized spacial score (nSPS) is 11.2. The molecule has 2 aromatic carbocycles. The second-order valence-corrected chi connectivity index (χ2v) is 5.22. The number of imidazole rings is 1. The molecule has 1 heterocycles. The van der Waals surface area contributed by atoms with E-state index in [9.17, 15) is 0 Å². The number of nitrogens with one attached hydrogen (secondary N) is 1. The summed E-state index contributed by atoms with van der Waals surface area (Å²) >= 11 is 0. The second kappa shape index (κ2) is 5.00. The third kappa shape index (κ3) is 2.16. The molecule has 1 N–H and O–H groups in total. The van der Waals surface area contributed by atoms with Crippen LogP contribution in [0.1, 0.15) is 25.3 Å². The predicted octanol–water partition coefficient (Wildman–Crippen LogP) is 4.36. The number of H-pyrrole nitrogens is 1. The molecule has 0 atom stereocenters. The monoisotopic (exact) mass is 266 g/mol. The van der Waals surface area contributed by atoms with E-state index in [4.69, 9.17) is 9.72 Å². The quantitative estimate of drug-likeness (QED) is 0.764. The molecule has 0 aliphatic rings.